The topological polar surface area (TPSA) is 59.1 Å². The zero-order valence-corrected chi connectivity index (χ0v) is 23.5. The van der Waals surface area contributed by atoms with Crippen molar-refractivity contribution in [3.63, 3.8) is 0 Å². The summed E-state index contributed by atoms with van der Waals surface area (Å²) in [6, 6.07) is 19.7. The van der Waals surface area contributed by atoms with E-state index >= 15 is 0 Å². The molecule has 1 heterocycles. The van der Waals surface area contributed by atoms with E-state index in [1.54, 1.807) is 30.5 Å². The number of thiophene rings is 1. The second kappa shape index (κ2) is 15.3. The summed E-state index contributed by atoms with van der Waals surface area (Å²) < 4.78 is 10.8. The predicted molar refractivity (Wildman–Crippen MR) is 152 cm³/mol. The maximum atomic E-state index is 13.6. The number of nitrogens with zero attached hydrogens (tertiary/aromatic N) is 2. The highest BCUT2D eigenvalue weighted by molar-refractivity contribution is 8.00. The Balaban J connectivity index is 1.69. The number of benzene rings is 2. The molecule has 0 spiro atoms. The van der Waals surface area contributed by atoms with E-state index in [-0.39, 0.29) is 18.4 Å². The third kappa shape index (κ3) is 9.13. The van der Waals surface area contributed by atoms with Crippen molar-refractivity contribution in [2.45, 2.75) is 37.6 Å². The van der Waals surface area contributed by atoms with Gasteiger partial charge < -0.3 is 19.3 Å². The number of rotatable bonds is 15. The van der Waals surface area contributed by atoms with E-state index < -0.39 is 0 Å². The molecule has 3 rings (SSSR count). The van der Waals surface area contributed by atoms with Gasteiger partial charge in [-0.25, -0.2) is 0 Å². The van der Waals surface area contributed by atoms with E-state index in [4.69, 9.17) is 9.47 Å². The monoisotopic (exact) mass is 540 g/mol. The molecule has 0 aliphatic heterocycles. The Morgan fingerprint density at radius 2 is 1.68 bits per heavy atom. The summed E-state index contributed by atoms with van der Waals surface area (Å²) in [5, 5.41) is 2.02. The van der Waals surface area contributed by atoms with Crippen LogP contribution in [0, 0.1) is 0 Å². The molecular weight excluding hydrogens is 504 g/mol. The van der Waals surface area contributed by atoms with Gasteiger partial charge in [0.25, 0.3) is 0 Å². The molecule has 0 N–H and O–H groups in total. The van der Waals surface area contributed by atoms with Crippen LogP contribution in [0.4, 0.5) is 0 Å². The summed E-state index contributed by atoms with van der Waals surface area (Å²) in [5.41, 5.74) is 1.06. The van der Waals surface area contributed by atoms with Crippen LogP contribution < -0.4 is 9.47 Å². The molecule has 0 unspecified atom stereocenters. The SMILES string of the molecule is CCCCN(CC(=O)N(CCc1ccc(OC)c(OC)c1)Cc1cccs1)C(=O)CSc1ccccc1. The van der Waals surface area contributed by atoms with Crippen molar-refractivity contribution in [1.82, 2.24) is 9.80 Å². The Hall–Kier alpha value is -2.97. The number of hydrogen-bond acceptors (Lipinski definition) is 6. The lowest BCUT2D eigenvalue weighted by molar-refractivity contribution is -0.139. The zero-order valence-electron chi connectivity index (χ0n) is 21.9. The normalized spacial score (nSPS) is 10.7. The van der Waals surface area contributed by atoms with Gasteiger partial charge >= 0.3 is 0 Å². The average Bonchev–Trinajstić information content (AvgIpc) is 3.45. The minimum absolute atomic E-state index is 0.00776. The molecule has 0 saturated heterocycles. The van der Waals surface area contributed by atoms with Crippen LogP contribution in [-0.4, -0.2) is 61.2 Å². The Labute approximate surface area is 228 Å². The van der Waals surface area contributed by atoms with Crippen molar-refractivity contribution >= 4 is 34.9 Å². The van der Waals surface area contributed by atoms with E-state index in [1.807, 2.05) is 70.9 Å². The summed E-state index contributed by atoms with van der Waals surface area (Å²) in [5.74, 6) is 1.62. The molecule has 198 valence electrons. The van der Waals surface area contributed by atoms with Crippen molar-refractivity contribution in [1.29, 1.82) is 0 Å². The highest BCUT2D eigenvalue weighted by atomic mass is 32.2. The number of unbranched alkanes of at least 4 members (excludes halogenated alkanes) is 1. The molecule has 3 aromatic rings. The fourth-order valence-corrected chi connectivity index (χ4v) is 5.38. The molecule has 1 aromatic heterocycles. The van der Waals surface area contributed by atoms with Crippen LogP contribution in [-0.2, 0) is 22.6 Å². The van der Waals surface area contributed by atoms with Gasteiger partial charge in [-0.3, -0.25) is 9.59 Å². The maximum Gasteiger partial charge on any atom is 0.242 e. The molecule has 0 bridgehead atoms. The van der Waals surface area contributed by atoms with Crippen LogP contribution in [0.1, 0.15) is 30.2 Å². The van der Waals surface area contributed by atoms with E-state index in [1.165, 1.54) is 11.8 Å². The summed E-state index contributed by atoms with van der Waals surface area (Å²) >= 11 is 3.14. The first-order valence-electron chi connectivity index (χ1n) is 12.5. The lowest BCUT2D eigenvalue weighted by Gasteiger charge is -2.28. The quantitative estimate of drug-likeness (QED) is 0.230. The summed E-state index contributed by atoms with van der Waals surface area (Å²) in [6.45, 7) is 3.83. The van der Waals surface area contributed by atoms with Crippen molar-refractivity contribution in [2.75, 3.05) is 39.6 Å². The second-order valence-electron chi connectivity index (χ2n) is 8.60. The first kappa shape index (κ1) is 28.6. The molecule has 0 aliphatic carbocycles. The number of hydrogen-bond donors (Lipinski definition) is 0. The molecular formula is C29H36N2O4S2. The molecule has 0 atom stereocenters. The van der Waals surface area contributed by atoms with Crippen LogP contribution in [0.3, 0.4) is 0 Å². The molecule has 2 amide bonds. The molecule has 8 heteroatoms. The van der Waals surface area contributed by atoms with Gasteiger partial charge in [0.1, 0.15) is 0 Å². The van der Waals surface area contributed by atoms with Gasteiger partial charge in [-0.2, -0.15) is 0 Å². The van der Waals surface area contributed by atoms with E-state index in [9.17, 15) is 9.59 Å². The van der Waals surface area contributed by atoms with Gasteiger partial charge in [-0.05, 0) is 54.1 Å². The van der Waals surface area contributed by atoms with Gasteiger partial charge in [0.15, 0.2) is 11.5 Å². The van der Waals surface area contributed by atoms with Crippen molar-refractivity contribution in [3.05, 3.63) is 76.5 Å². The van der Waals surface area contributed by atoms with E-state index in [2.05, 4.69) is 6.92 Å². The minimum Gasteiger partial charge on any atom is -0.493 e. The number of amides is 2. The first-order valence-corrected chi connectivity index (χ1v) is 14.4. The smallest absolute Gasteiger partial charge is 0.242 e. The van der Waals surface area contributed by atoms with Crippen LogP contribution in [0.5, 0.6) is 11.5 Å². The molecule has 0 fully saturated rings. The Morgan fingerprint density at radius 1 is 0.892 bits per heavy atom. The van der Waals surface area contributed by atoms with E-state index in [0.717, 1.165) is 28.2 Å². The van der Waals surface area contributed by atoms with Crippen LogP contribution in [0.25, 0.3) is 0 Å². The molecule has 2 aromatic carbocycles. The number of methoxy groups -OCH3 is 2. The number of thioether (sulfide) groups is 1. The van der Waals surface area contributed by atoms with Gasteiger partial charge in [0.05, 0.1) is 33.1 Å². The number of carbonyl (C=O) groups excluding carboxylic acids is 2. The van der Waals surface area contributed by atoms with Crippen LogP contribution in [0.2, 0.25) is 0 Å². The molecule has 37 heavy (non-hydrogen) atoms. The zero-order chi connectivity index (χ0) is 26.5. The lowest BCUT2D eigenvalue weighted by atomic mass is 10.1. The summed E-state index contributed by atoms with van der Waals surface area (Å²) in [7, 11) is 3.23. The third-order valence-electron chi connectivity index (χ3n) is 5.96. The molecule has 6 nitrogen and oxygen atoms in total. The number of carbonyl (C=O) groups is 2. The van der Waals surface area contributed by atoms with Gasteiger partial charge in [0.2, 0.25) is 11.8 Å². The van der Waals surface area contributed by atoms with Crippen LogP contribution >= 0.6 is 23.1 Å². The first-order chi connectivity index (χ1) is 18.0. The number of ether oxygens (including phenoxy) is 2. The second-order valence-corrected chi connectivity index (χ2v) is 10.7. The lowest BCUT2D eigenvalue weighted by Crippen LogP contribution is -2.44. The fourth-order valence-electron chi connectivity index (χ4n) is 3.84. The van der Waals surface area contributed by atoms with Crippen molar-refractivity contribution in [2.24, 2.45) is 0 Å². The summed E-state index contributed by atoms with van der Waals surface area (Å²) in [4.78, 5) is 32.4. The Morgan fingerprint density at radius 3 is 2.35 bits per heavy atom. The van der Waals surface area contributed by atoms with Crippen molar-refractivity contribution < 1.29 is 19.1 Å². The highest BCUT2D eigenvalue weighted by Gasteiger charge is 2.22. The van der Waals surface area contributed by atoms with E-state index in [0.29, 0.717) is 43.3 Å². The molecule has 0 aliphatic rings. The average molecular weight is 541 g/mol. The Kier molecular flexibility index (Phi) is 11.8. The van der Waals surface area contributed by atoms with Gasteiger partial charge in [-0.15, -0.1) is 23.1 Å². The third-order valence-corrected chi connectivity index (χ3v) is 7.82. The molecule has 0 saturated carbocycles. The maximum absolute atomic E-state index is 13.6. The highest BCUT2D eigenvalue weighted by Crippen LogP contribution is 2.28. The van der Waals surface area contributed by atoms with Crippen molar-refractivity contribution in [3.8, 4) is 11.5 Å². The Bertz CT molecular complexity index is 1110. The molecule has 0 radical (unpaired) electrons. The van der Waals surface area contributed by atoms with Gasteiger partial charge in [0, 0.05) is 22.9 Å². The fraction of sp³-hybridized carbons (Fsp3) is 0.379. The largest absolute Gasteiger partial charge is 0.493 e. The van der Waals surface area contributed by atoms with Gasteiger partial charge in [-0.1, -0.05) is 43.7 Å². The standard InChI is InChI=1S/C29H36N2O4S2/c1-4-5-16-30(29(33)22-37-24-10-7-6-8-11-24)21-28(32)31(20-25-12-9-18-36-25)17-15-23-13-14-26(34-2)27(19-23)35-3/h6-14,18-19H,4-5,15-17,20-22H2,1-3H3. The van der Waals surface area contributed by atoms with Crippen LogP contribution in [0.15, 0.2) is 70.9 Å². The minimum atomic E-state index is -0.0389. The summed E-state index contributed by atoms with van der Waals surface area (Å²) in [6.07, 6.45) is 2.50. The predicted octanol–water partition coefficient (Wildman–Crippen LogP) is 5.76.